The average molecular weight is 315 g/mol. The molecule has 1 heterocycles. The molecule has 0 spiro atoms. The molecule has 4 nitrogen and oxygen atoms in total. The van der Waals surface area contributed by atoms with Crippen LogP contribution in [0.1, 0.15) is 17.5 Å². The fourth-order valence-electron chi connectivity index (χ4n) is 2.21. The number of furan rings is 1. The van der Waals surface area contributed by atoms with Crippen LogP contribution in [-0.2, 0) is 0 Å². The SMILES string of the molecule is CCNc1ccc(NC(=O)c2cc3ccccc3o2)c(Cl)c1. The minimum atomic E-state index is -0.325. The van der Waals surface area contributed by atoms with Gasteiger partial charge in [0, 0.05) is 17.6 Å². The van der Waals surface area contributed by atoms with Crippen molar-refractivity contribution in [1.82, 2.24) is 0 Å². The molecule has 0 fully saturated rings. The van der Waals surface area contributed by atoms with E-state index in [-0.39, 0.29) is 11.7 Å². The van der Waals surface area contributed by atoms with Gasteiger partial charge in [-0.3, -0.25) is 4.79 Å². The smallest absolute Gasteiger partial charge is 0.291 e. The topological polar surface area (TPSA) is 54.3 Å². The van der Waals surface area contributed by atoms with E-state index in [9.17, 15) is 4.79 Å². The summed E-state index contributed by atoms with van der Waals surface area (Å²) >= 11 is 6.19. The van der Waals surface area contributed by atoms with E-state index in [0.29, 0.717) is 16.3 Å². The second-order valence-corrected chi connectivity index (χ2v) is 5.23. The third-order valence-electron chi connectivity index (χ3n) is 3.25. The molecular formula is C17H15ClN2O2. The van der Waals surface area contributed by atoms with Crippen LogP contribution in [0.5, 0.6) is 0 Å². The number of rotatable bonds is 4. The van der Waals surface area contributed by atoms with Crippen molar-refractivity contribution in [3.63, 3.8) is 0 Å². The predicted molar refractivity (Wildman–Crippen MR) is 89.8 cm³/mol. The maximum absolute atomic E-state index is 12.3. The molecule has 0 aliphatic heterocycles. The van der Waals surface area contributed by atoms with Crippen LogP contribution in [0.3, 0.4) is 0 Å². The van der Waals surface area contributed by atoms with Crippen LogP contribution >= 0.6 is 11.6 Å². The van der Waals surface area contributed by atoms with Gasteiger partial charge in [-0.25, -0.2) is 0 Å². The van der Waals surface area contributed by atoms with Crippen molar-refractivity contribution in [2.75, 3.05) is 17.2 Å². The highest BCUT2D eigenvalue weighted by molar-refractivity contribution is 6.34. The summed E-state index contributed by atoms with van der Waals surface area (Å²) in [6.45, 7) is 2.81. The van der Waals surface area contributed by atoms with E-state index in [1.165, 1.54) is 0 Å². The van der Waals surface area contributed by atoms with Crippen LogP contribution in [0.25, 0.3) is 11.0 Å². The summed E-state index contributed by atoms with van der Waals surface area (Å²) in [5.41, 5.74) is 2.14. The Labute approximate surface area is 133 Å². The van der Waals surface area contributed by atoms with Crippen LogP contribution in [0.15, 0.2) is 52.9 Å². The number of hydrogen-bond donors (Lipinski definition) is 2. The standard InChI is InChI=1S/C17H15ClN2O2/c1-2-19-12-7-8-14(13(18)10-12)20-17(21)16-9-11-5-3-4-6-15(11)22-16/h3-10,19H,2H2,1H3,(H,20,21). The fraction of sp³-hybridized carbons (Fsp3) is 0.118. The Bertz CT molecular complexity index is 793. The molecule has 3 aromatic rings. The van der Waals surface area contributed by atoms with E-state index in [2.05, 4.69) is 10.6 Å². The Morgan fingerprint density at radius 2 is 2.00 bits per heavy atom. The lowest BCUT2D eigenvalue weighted by molar-refractivity contribution is 0.0998. The molecule has 0 radical (unpaired) electrons. The van der Waals surface area contributed by atoms with Gasteiger partial charge in [-0.2, -0.15) is 0 Å². The second-order valence-electron chi connectivity index (χ2n) is 4.83. The van der Waals surface area contributed by atoms with Crippen molar-refractivity contribution in [2.45, 2.75) is 6.92 Å². The van der Waals surface area contributed by atoms with Crippen LogP contribution in [0, 0.1) is 0 Å². The van der Waals surface area contributed by atoms with Gasteiger partial charge in [0.05, 0.1) is 10.7 Å². The first-order chi connectivity index (χ1) is 10.7. The van der Waals surface area contributed by atoms with Crippen molar-refractivity contribution in [1.29, 1.82) is 0 Å². The number of para-hydroxylation sites is 1. The van der Waals surface area contributed by atoms with Crippen molar-refractivity contribution in [3.05, 3.63) is 59.3 Å². The molecule has 0 unspecified atom stereocenters. The first kappa shape index (κ1) is 14.5. The van der Waals surface area contributed by atoms with Crippen molar-refractivity contribution in [3.8, 4) is 0 Å². The summed E-state index contributed by atoms with van der Waals surface area (Å²) in [5.74, 6) is -0.0673. The number of fused-ring (bicyclic) bond motifs is 1. The molecule has 5 heteroatoms. The van der Waals surface area contributed by atoms with Gasteiger partial charge in [0.1, 0.15) is 5.58 Å². The highest BCUT2D eigenvalue weighted by Gasteiger charge is 2.13. The van der Waals surface area contributed by atoms with Gasteiger partial charge in [0.25, 0.3) is 5.91 Å². The number of anilines is 2. The Balaban J connectivity index is 1.81. The summed E-state index contributed by atoms with van der Waals surface area (Å²) in [4.78, 5) is 12.3. The predicted octanol–water partition coefficient (Wildman–Crippen LogP) is 4.77. The number of halogens is 1. The van der Waals surface area contributed by atoms with Gasteiger partial charge >= 0.3 is 0 Å². The van der Waals surface area contributed by atoms with Crippen molar-refractivity contribution < 1.29 is 9.21 Å². The molecule has 0 bridgehead atoms. The van der Waals surface area contributed by atoms with Crippen LogP contribution in [0.4, 0.5) is 11.4 Å². The molecule has 0 atom stereocenters. The molecule has 0 aliphatic rings. The normalized spacial score (nSPS) is 10.6. The molecule has 3 rings (SSSR count). The van der Waals surface area contributed by atoms with Gasteiger partial charge in [0.2, 0.25) is 0 Å². The lowest BCUT2D eigenvalue weighted by atomic mass is 10.2. The zero-order valence-electron chi connectivity index (χ0n) is 12.0. The minimum absolute atomic E-state index is 0.257. The van der Waals surface area contributed by atoms with E-state index in [1.807, 2.05) is 37.3 Å². The molecule has 1 amide bonds. The zero-order valence-corrected chi connectivity index (χ0v) is 12.8. The van der Waals surface area contributed by atoms with Crippen molar-refractivity contribution >= 4 is 39.9 Å². The van der Waals surface area contributed by atoms with Gasteiger partial charge in [-0.15, -0.1) is 0 Å². The molecule has 2 aromatic carbocycles. The average Bonchev–Trinajstić information content (AvgIpc) is 2.94. The number of hydrogen-bond acceptors (Lipinski definition) is 3. The van der Waals surface area contributed by atoms with Crippen molar-refractivity contribution in [2.24, 2.45) is 0 Å². The molecule has 0 saturated carbocycles. The maximum Gasteiger partial charge on any atom is 0.291 e. The number of nitrogens with one attached hydrogen (secondary N) is 2. The number of amides is 1. The van der Waals surface area contributed by atoms with E-state index in [4.69, 9.17) is 16.0 Å². The monoisotopic (exact) mass is 314 g/mol. The van der Waals surface area contributed by atoms with E-state index in [0.717, 1.165) is 17.6 Å². The zero-order chi connectivity index (χ0) is 15.5. The highest BCUT2D eigenvalue weighted by atomic mass is 35.5. The summed E-state index contributed by atoms with van der Waals surface area (Å²) in [6.07, 6.45) is 0. The number of benzene rings is 2. The number of carbonyl (C=O) groups is 1. The molecule has 2 N–H and O–H groups in total. The Kier molecular flexibility index (Phi) is 4.02. The third kappa shape index (κ3) is 2.92. The second kappa shape index (κ2) is 6.12. The highest BCUT2D eigenvalue weighted by Crippen LogP contribution is 2.27. The Morgan fingerprint density at radius 1 is 1.18 bits per heavy atom. The Hall–Kier alpha value is -2.46. The maximum atomic E-state index is 12.3. The summed E-state index contributed by atoms with van der Waals surface area (Å²) in [6, 6.07) is 14.6. The number of carbonyl (C=O) groups excluding carboxylic acids is 1. The quantitative estimate of drug-likeness (QED) is 0.729. The first-order valence-electron chi connectivity index (χ1n) is 7.00. The van der Waals surface area contributed by atoms with E-state index >= 15 is 0 Å². The van der Waals surface area contributed by atoms with Crippen LogP contribution in [-0.4, -0.2) is 12.5 Å². The van der Waals surface area contributed by atoms with E-state index < -0.39 is 0 Å². The largest absolute Gasteiger partial charge is 0.451 e. The summed E-state index contributed by atoms with van der Waals surface area (Å²) in [7, 11) is 0. The fourth-order valence-corrected chi connectivity index (χ4v) is 2.44. The van der Waals surface area contributed by atoms with E-state index in [1.54, 1.807) is 18.2 Å². The van der Waals surface area contributed by atoms with Gasteiger partial charge in [0.15, 0.2) is 5.76 Å². The summed E-state index contributed by atoms with van der Waals surface area (Å²) in [5, 5.41) is 7.29. The lowest BCUT2D eigenvalue weighted by Crippen LogP contribution is -2.11. The van der Waals surface area contributed by atoms with Gasteiger partial charge in [-0.05, 0) is 37.3 Å². The lowest BCUT2D eigenvalue weighted by Gasteiger charge is -2.08. The Morgan fingerprint density at radius 3 is 2.73 bits per heavy atom. The third-order valence-corrected chi connectivity index (χ3v) is 3.56. The minimum Gasteiger partial charge on any atom is -0.451 e. The summed E-state index contributed by atoms with van der Waals surface area (Å²) < 4.78 is 5.54. The van der Waals surface area contributed by atoms with Crippen LogP contribution < -0.4 is 10.6 Å². The van der Waals surface area contributed by atoms with Gasteiger partial charge in [-0.1, -0.05) is 29.8 Å². The van der Waals surface area contributed by atoms with Crippen LogP contribution in [0.2, 0.25) is 5.02 Å². The molecule has 0 saturated heterocycles. The molecular weight excluding hydrogens is 300 g/mol. The molecule has 22 heavy (non-hydrogen) atoms. The van der Waals surface area contributed by atoms with Gasteiger partial charge < -0.3 is 15.1 Å². The molecule has 112 valence electrons. The first-order valence-corrected chi connectivity index (χ1v) is 7.38. The molecule has 0 aliphatic carbocycles. The molecule has 1 aromatic heterocycles.